The van der Waals surface area contributed by atoms with Gasteiger partial charge in [0, 0.05) is 12.8 Å². The third kappa shape index (κ3) is 55.4. The van der Waals surface area contributed by atoms with Gasteiger partial charge in [-0.1, -0.05) is 275 Å². The van der Waals surface area contributed by atoms with Crippen molar-refractivity contribution in [3.63, 3.8) is 0 Å². The van der Waals surface area contributed by atoms with Crippen molar-refractivity contribution in [2.24, 2.45) is 0 Å². The van der Waals surface area contributed by atoms with Gasteiger partial charge in [-0.3, -0.25) is 9.59 Å². The second-order valence-electron chi connectivity index (χ2n) is 21.4. The third-order valence-corrected chi connectivity index (χ3v) is 14.4. The van der Waals surface area contributed by atoms with Gasteiger partial charge in [0.15, 0.2) is 0 Å². The minimum absolute atomic E-state index is 0.000894. The van der Waals surface area contributed by atoms with Crippen molar-refractivity contribution < 1.29 is 24.5 Å². The molecular formula is C64H121NO5. The molecule has 2 atom stereocenters. The Bertz CT molecular complexity index is 1130. The van der Waals surface area contributed by atoms with E-state index in [1.54, 1.807) is 6.08 Å². The van der Waals surface area contributed by atoms with Gasteiger partial charge in [-0.25, -0.2) is 0 Å². The lowest BCUT2D eigenvalue weighted by molar-refractivity contribution is -0.143. The van der Waals surface area contributed by atoms with Gasteiger partial charge >= 0.3 is 5.97 Å². The molecule has 0 radical (unpaired) electrons. The van der Waals surface area contributed by atoms with E-state index in [-0.39, 0.29) is 18.5 Å². The fraction of sp³-hybridized carbons (Fsp3) is 0.875. The number of esters is 1. The number of hydrogen-bond donors (Lipinski definition) is 3. The monoisotopic (exact) mass is 984 g/mol. The minimum Gasteiger partial charge on any atom is -0.466 e. The Labute approximate surface area is 436 Å². The average molecular weight is 985 g/mol. The van der Waals surface area contributed by atoms with Crippen LogP contribution in [0.25, 0.3) is 0 Å². The fourth-order valence-corrected chi connectivity index (χ4v) is 9.57. The van der Waals surface area contributed by atoms with Gasteiger partial charge < -0.3 is 20.3 Å². The number of amides is 1. The van der Waals surface area contributed by atoms with Gasteiger partial charge in [0.05, 0.1) is 25.4 Å². The predicted octanol–water partition coefficient (Wildman–Crippen LogP) is 19.6. The van der Waals surface area contributed by atoms with Crippen LogP contribution in [0.1, 0.15) is 335 Å². The first-order valence-corrected chi connectivity index (χ1v) is 31.3. The SMILES string of the molecule is CCCCCCC/C=C\CCCCCCCC(=O)OCCCCCCCCCCCC/C=C\CCCCCCCCCC(=O)NC(CO)C(O)/C=C/CCCCCCCCCCCCCCCCCC. The van der Waals surface area contributed by atoms with Crippen molar-refractivity contribution >= 4 is 11.9 Å². The highest BCUT2D eigenvalue weighted by Gasteiger charge is 2.18. The Morgan fingerprint density at radius 3 is 1.01 bits per heavy atom. The summed E-state index contributed by atoms with van der Waals surface area (Å²) in [7, 11) is 0. The lowest BCUT2D eigenvalue weighted by Gasteiger charge is -2.20. The van der Waals surface area contributed by atoms with Gasteiger partial charge in [0.1, 0.15) is 0 Å². The maximum atomic E-state index is 12.5. The zero-order chi connectivity index (χ0) is 50.7. The van der Waals surface area contributed by atoms with Crippen molar-refractivity contribution in [2.75, 3.05) is 13.2 Å². The van der Waals surface area contributed by atoms with E-state index < -0.39 is 12.1 Å². The lowest BCUT2D eigenvalue weighted by Crippen LogP contribution is -2.45. The molecule has 0 saturated heterocycles. The van der Waals surface area contributed by atoms with E-state index in [1.165, 1.54) is 257 Å². The Morgan fingerprint density at radius 2 is 0.671 bits per heavy atom. The van der Waals surface area contributed by atoms with E-state index in [1.807, 2.05) is 6.08 Å². The summed E-state index contributed by atoms with van der Waals surface area (Å²) in [4.78, 5) is 24.5. The number of hydrogen-bond acceptors (Lipinski definition) is 5. The van der Waals surface area contributed by atoms with Crippen LogP contribution in [0.4, 0.5) is 0 Å². The molecule has 6 heteroatoms. The van der Waals surface area contributed by atoms with Crippen LogP contribution >= 0.6 is 0 Å². The molecular weight excluding hydrogens is 863 g/mol. The summed E-state index contributed by atoms with van der Waals surface area (Å²) in [6.07, 6.45) is 74.6. The van der Waals surface area contributed by atoms with Crippen LogP contribution in [0.3, 0.4) is 0 Å². The molecule has 2 unspecified atom stereocenters. The minimum atomic E-state index is -0.850. The molecule has 0 aromatic heterocycles. The van der Waals surface area contributed by atoms with E-state index in [9.17, 15) is 19.8 Å². The summed E-state index contributed by atoms with van der Waals surface area (Å²) in [5.41, 5.74) is 0. The highest BCUT2D eigenvalue weighted by atomic mass is 16.5. The largest absolute Gasteiger partial charge is 0.466 e. The molecule has 0 aliphatic heterocycles. The number of nitrogens with one attached hydrogen (secondary N) is 1. The number of aliphatic hydroxyl groups excluding tert-OH is 2. The molecule has 0 aliphatic carbocycles. The van der Waals surface area contributed by atoms with E-state index in [2.05, 4.69) is 43.5 Å². The highest BCUT2D eigenvalue weighted by Crippen LogP contribution is 2.17. The second kappa shape index (κ2) is 59.6. The molecule has 0 aromatic carbocycles. The second-order valence-corrected chi connectivity index (χ2v) is 21.4. The maximum Gasteiger partial charge on any atom is 0.305 e. The molecule has 0 rings (SSSR count). The summed E-state index contributed by atoms with van der Waals surface area (Å²) in [6, 6.07) is -0.634. The average Bonchev–Trinajstić information content (AvgIpc) is 3.36. The first-order chi connectivity index (χ1) is 34.5. The molecule has 1 amide bonds. The fourth-order valence-electron chi connectivity index (χ4n) is 9.57. The van der Waals surface area contributed by atoms with Crippen molar-refractivity contribution in [1.29, 1.82) is 0 Å². The van der Waals surface area contributed by atoms with Crippen LogP contribution in [0, 0.1) is 0 Å². The van der Waals surface area contributed by atoms with Crippen LogP contribution in [-0.4, -0.2) is 47.4 Å². The quantitative estimate of drug-likeness (QED) is 0.0321. The molecule has 70 heavy (non-hydrogen) atoms. The molecule has 3 N–H and O–H groups in total. The third-order valence-electron chi connectivity index (χ3n) is 14.4. The Kier molecular flexibility index (Phi) is 58.0. The predicted molar refractivity (Wildman–Crippen MR) is 306 cm³/mol. The van der Waals surface area contributed by atoms with Gasteiger partial charge in [-0.05, 0) is 83.5 Å². The number of allylic oxidation sites excluding steroid dienone is 5. The van der Waals surface area contributed by atoms with E-state index in [0.717, 1.165) is 51.4 Å². The van der Waals surface area contributed by atoms with E-state index in [4.69, 9.17) is 4.74 Å². The number of rotatable bonds is 58. The summed E-state index contributed by atoms with van der Waals surface area (Å²) < 4.78 is 5.47. The zero-order valence-corrected chi connectivity index (χ0v) is 47.0. The number of unbranched alkanes of at least 4 members (excludes halogenated alkanes) is 43. The summed E-state index contributed by atoms with van der Waals surface area (Å²) in [5.74, 6) is -0.0749. The Hall–Kier alpha value is -1.92. The summed E-state index contributed by atoms with van der Waals surface area (Å²) in [6.45, 7) is 4.90. The molecule has 0 bridgehead atoms. The zero-order valence-electron chi connectivity index (χ0n) is 47.0. The van der Waals surface area contributed by atoms with Gasteiger partial charge in [-0.15, -0.1) is 0 Å². The number of ether oxygens (including phenoxy) is 1. The Morgan fingerprint density at radius 1 is 0.386 bits per heavy atom. The van der Waals surface area contributed by atoms with Crippen molar-refractivity contribution in [3.8, 4) is 0 Å². The highest BCUT2D eigenvalue weighted by molar-refractivity contribution is 5.76. The van der Waals surface area contributed by atoms with Crippen LogP contribution in [0.2, 0.25) is 0 Å². The summed E-state index contributed by atoms with van der Waals surface area (Å²) in [5, 5.41) is 23.2. The van der Waals surface area contributed by atoms with Crippen LogP contribution in [0.15, 0.2) is 36.5 Å². The first kappa shape index (κ1) is 68.1. The van der Waals surface area contributed by atoms with Crippen LogP contribution < -0.4 is 5.32 Å². The molecule has 0 aromatic rings. The number of carbonyl (C=O) groups excluding carboxylic acids is 2. The molecule has 0 saturated carbocycles. The van der Waals surface area contributed by atoms with Gasteiger partial charge in [-0.2, -0.15) is 0 Å². The molecule has 0 fully saturated rings. The molecule has 0 heterocycles. The van der Waals surface area contributed by atoms with Crippen LogP contribution in [0.5, 0.6) is 0 Å². The molecule has 0 spiro atoms. The number of aliphatic hydroxyl groups is 2. The van der Waals surface area contributed by atoms with Crippen LogP contribution in [-0.2, 0) is 14.3 Å². The van der Waals surface area contributed by atoms with Crippen molar-refractivity contribution in [2.45, 2.75) is 347 Å². The smallest absolute Gasteiger partial charge is 0.305 e. The van der Waals surface area contributed by atoms with Gasteiger partial charge in [0.25, 0.3) is 0 Å². The van der Waals surface area contributed by atoms with E-state index >= 15 is 0 Å². The number of carbonyl (C=O) groups is 2. The van der Waals surface area contributed by atoms with Gasteiger partial charge in [0.2, 0.25) is 5.91 Å². The van der Waals surface area contributed by atoms with Crippen molar-refractivity contribution in [3.05, 3.63) is 36.5 Å². The standard InChI is InChI=1S/C64H121NO5/c1-3-5-7-9-11-13-15-17-19-20-26-29-32-36-40-44-48-52-56-62(67)61(60-66)65-63(68)57-53-49-45-41-37-33-30-27-24-22-21-23-25-28-31-35-39-43-47-51-55-59-70-64(69)58-54-50-46-42-38-34-18-16-14-12-10-8-6-4-2/h16,18,22,24,52,56,61-62,66-67H,3-15,17,19-21,23,25-51,53-55,57-60H2,1-2H3,(H,65,68)/b18-16-,24-22-,56-52+. The van der Waals surface area contributed by atoms with E-state index in [0.29, 0.717) is 19.4 Å². The first-order valence-electron chi connectivity index (χ1n) is 31.3. The lowest BCUT2D eigenvalue weighted by atomic mass is 10.0. The molecule has 412 valence electrons. The molecule has 0 aliphatic rings. The Balaban J connectivity index is 3.46. The topological polar surface area (TPSA) is 95.9 Å². The normalized spacial score (nSPS) is 12.8. The van der Waals surface area contributed by atoms with Crippen molar-refractivity contribution in [1.82, 2.24) is 5.32 Å². The maximum absolute atomic E-state index is 12.5. The summed E-state index contributed by atoms with van der Waals surface area (Å²) >= 11 is 0. The molecule has 6 nitrogen and oxygen atoms in total.